The van der Waals surface area contributed by atoms with Gasteiger partial charge in [-0.3, -0.25) is 14.2 Å². The summed E-state index contributed by atoms with van der Waals surface area (Å²) in [4.78, 5) is 30.0. The maximum atomic E-state index is 12.9. The zero-order chi connectivity index (χ0) is 25.2. The highest BCUT2D eigenvalue weighted by Gasteiger charge is 2.15. The summed E-state index contributed by atoms with van der Waals surface area (Å²) in [6.45, 7) is 0.337. The molecule has 5 rings (SSSR count). The van der Waals surface area contributed by atoms with E-state index in [9.17, 15) is 9.59 Å². The molecule has 0 radical (unpaired) electrons. The van der Waals surface area contributed by atoms with Crippen LogP contribution in [0.3, 0.4) is 0 Å². The number of anilines is 1. The van der Waals surface area contributed by atoms with Crippen LogP contribution in [0.15, 0.2) is 64.1 Å². The number of amides is 1. The summed E-state index contributed by atoms with van der Waals surface area (Å²) in [7, 11) is 4.60. The maximum Gasteiger partial charge on any atom is 0.261 e. The first-order valence-corrected chi connectivity index (χ1v) is 11.4. The van der Waals surface area contributed by atoms with Crippen molar-refractivity contribution in [2.75, 3.05) is 26.6 Å². The Labute approximate surface area is 206 Å². The van der Waals surface area contributed by atoms with E-state index in [4.69, 9.17) is 18.6 Å². The third-order valence-electron chi connectivity index (χ3n) is 6.11. The number of aromatic nitrogens is 2. The molecule has 0 fully saturated rings. The number of carbonyl (C=O) groups excluding carboxylic acids is 1. The summed E-state index contributed by atoms with van der Waals surface area (Å²) in [6.07, 6.45) is 2.13. The quantitative estimate of drug-likeness (QED) is 0.337. The number of benzene rings is 3. The number of furan rings is 1. The highest BCUT2D eigenvalue weighted by molar-refractivity contribution is 6.07. The molecule has 3 aromatic carbocycles. The Morgan fingerprint density at radius 2 is 1.64 bits per heavy atom. The van der Waals surface area contributed by atoms with Gasteiger partial charge in [-0.15, -0.1) is 0 Å². The first-order valence-electron chi connectivity index (χ1n) is 11.4. The first-order chi connectivity index (χ1) is 17.5. The fourth-order valence-corrected chi connectivity index (χ4v) is 4.29. The molecule has 5 aromatic rings. The van der Waals surface area contributed by atoms with Crippen molar-refractivity contribution in [3.63, 3.8) is 0 Å². The van der Waals surface area contributed by atoms with E-state index in [-0.39, 0.29) is 17.9 Å². The van der Waals surface area contributed by atoms with Gasteiger partial charge in [0.05, 0.1) is 44.2 Å². The zero-order valence-electron chi connectivity index (χ0n) is 20.2. The Bertz CT molecular complexity index is 1650. The fourth-order valence-electron chi connectivity index (χ4n) is 4.29. The van der Waals surface area contributed by atoms with Crippen molar-refractivity contribution in [3.05, 3.63) is 65.2 Å². The van der Waals surface area contributed by atoms with Crippen LogP contribution in [-0.4, -0.2) is 36.8 Å². The molecule has 0 aliphatic heterocycles. The molecule has 0 spiro atoms. The number of hydrogen-bond acceptors (Lipinski definition) is 7. The number of hydrogen-bond donors (Lipinski definition) is 1. The smallest absolute Gasteiger partial charge is 0.261 e. The Kier molecular flexibility index (Phi) is 6.20. The van der Waals surface area contributed by atoms with E-state index in [0.717, 1.165) is 16.4 Å². The Morgan fingerprint density at radius 1 is 0.917 bits per heavy atom. The molecule has 0 unspecified atom stereocenters. The molecule has 0 atom stereocenters. The molecule has 1 N–H and O–H groups in total. The molecule has 0 bridgehead atoms. The van der Waals surface area contributed by atoms with E-state index in [1.54, 1.807) is 25.3 Å². The van der Waals surface area contributed by atoms with Gasteiger partial charge in [0, 0.05) is 35.9 Å². The fraction of sp³-hybridized carbons (Fsp3) is 0.222. The number of nitrogens with one attached hydrogen (secondary N) is 1. The summed E-state index contributed by atoms with van der Waals surface area (Å²) in [5.74, 6) is 1.30. The lowest BCUT2D eigenvalue weighted by Crippen LogP contribution is -2.22. The van der Waals surface area contributed by atoms with Crippen LogP contribution < -0.4 is 25.1 Å². The van der Waals surface area contributed by atoms with E-state index in [1.807, 2.05) is 30.3 Å². The number of aryl methyl sites for hydroxylation is 1. The lowest BCUT2D eigenvalue weighted by atomic mass is 10.1. The van der Waals surface area contributed by atoms with Gasteiger partial charge in [0.2, 0.25) is 5.91 Å². The monoisotopic (exact) mass is 487 g/mol. The van der Waals surface area contributed by atoms with Crippen LogP contribution in [0.1, 0.15) is 12.8 Å². The summed E-state index contributed by atoms with van der Waals surface area (Å²) >= 11 is 0. The van der Waals surface area contributed by atoms with Crippen LogP contribution in [-0.2, 0) is 11.3 Å². The Balaban J connectivity index is 1.30. The second-order valence-corrected chi connectivity index (χ2v) is 8.27. The maximum absolute atomic E-state index is 12.9. The van der Waals surface area contributed by atoms with Crippen molar-refractivity contribution in [2.24, 2.45) is 0 Å². The third-order valence-corrected chi connectivity index (χ3v) is 6.11. The molecule has 184 valence electrons. The van der Waals surface area contributed by atoms with Crippen LogP contribution in [0.2, 0.25) is 0 Å². The molecule has 0 saturated carbocycles. The molecule has 0 saturated heterocycles. The SMILES string of the molecule is COc1cc2c(cc1NC(=O)CCCn1cnc3cc(OC)c(OC)cc3c1=O)oc1ccccc12. The van der Waals surface area contributed by atoms with E-state index >= 15 is 0 Å². The molecule has 0 aliphatic carbocycles. The number of ether oxygens (including phenoxy) is 3. The zero-order valence-corrected chi connectivity index (χ0v) is 20.2. The summed E-state index contributed by atoms with van der Waals surface area (Å²) in [6, 6.07) is 14.7. The van der Waals surface area contributed by atoms with Gasteiger partial charge in [-0.25, -0.2) is 4.98 Å². The van der Waals surface area contributed by atoms with Gasteiger partial charge in [0.25, 0.3) is 5.56 Å². The number of methoxy groups -OCH3 is 3. The van der Waals surface area contributed by atoms with Crippen LogP contribution in [0.4, 0.5) is 5.69 Å². The predicted molar refractivity (Wildman–Crippen MR) is 137 cm³/mol. The minimum atomic E-state index is -0.210. The largest absolute Gasteiger partial charge is 0.495 e. The summed E-state index contributed by atoms with van der Waals surface area (Å²) < 4.78 is 23.5. The molecule has 0 aliphatic rings. The van der Waals surface area contributed by atoms with Crippen molar-refractivity contribution in [3.8, 4) is 17.2 Å². The number of nitrogens with zero attached hydrogens (tertiary/aromatic N) is 2. The first kappa shape index (κ1) is 23.2. The number of carbonyl (C=O) groups is 1. The van der Waals surface area contributed by atoms with Crippen molar-refractivity contribution >= 4 is 44.4 Å². The lowest BCUT2D eigenvalue weighted by Gasteiger charge is -2.12. The standard InChI is InChI=1S/C27H25N3O6/c1-33-23-11-17-16-7-4-5-8-21(16)36-22(17)14-20(23)29-26(31)9-6-10-30-15-28-19-13-25(35-3)24(34-2)12-18(19)27(30)32/h4-5,7-8,11-15H,6,9-10H2,1-3H3,(H,29,31). The molecule has 9 heteroatoms. The highest BCUT2D eigenvalue weighted by Crippen LogP contribution is 2.36. The van der Waals surface area contributed by atoms with Gasteiger partial charge in [-0.2, -0.15) is 0 Å². The predicted octanol–water partition coefficient (Wildman–Crippen LogP) is 4.74. The van der Waals surface area contributed by atoms with Crippen LogP contribution in [0, 0.1) is 0 Å². The molecule has 36 heavy (non-hydrogen) atoms. The average Bonchev–Trinajstić information content (AvgIpc) is 3.26. The summed E-state index contributed by atoms with van der Waals surface area (Å²) in [5.41, 5.74) is 2.26. The number of rotatable bonds is 8. The van der Waals surface area contributed by atoms with Gasteiger partial charge in [-0.1, -0.05) is 18.2 Å². The summed E-state index contributed by atoms with van der Waals surface area (Å²) in [5, 5.41) is 5.21. The van der Waals surface area contributed by atoms with E-state index < -0.39 is 0 Å². The van der Waals surface area contributed by atoms with Gasteiger partial charge >= 0.3 is 0 Å². The van der Waals surface area contributed by atoms with Gasteiger partial charge in [0.1, 0.15) is 16.9 Å². The highest BCUT2D eigenvalue weighted by atomic mass is 16.5. The minimum Gasteiger partial charge on any atom is -0.495 e. The second kappa shape index (κ2) is 9.61. The average molecular weight is 488 g/mol. The Hall–Kier alpha value is -4.53. The van der Waals surface area contributed by atoms with Gasteiger partial charge in [0.15, 0.2) is 11.5 Å². The third kappa shape index (κ3) is 4.19. The lowest BCUT2D eigenvalue weighted by molar-refractivity contribution is -0.116. The molecule has 1 amide bonds. The van der Waals surface area contributed by atoms with Crippen LogP contribution in [0.25, 0.3) is 32.8 Å². The van der Waals surface area contributed by atoms with E-state index in [2.05, 4.69) is 10.3 Å². The topological polar surface area (TPSA) is 105 Å². The van der Waals surface area contributed by atoms with Crippen LogP contribution >= 0.6 is 0 Å². The molecule has 2 aromatic heterocycles. The number of fused-ring (bicyclic) bond motifs is 4. The van der Waals surface area contributed by atoms with Gasteiger partial charge in [-0.05, 0) is 24.6 Å². The van der Waals surface area contributed by atoms with Crippen molar-refractivity contribution in [1.29, 1.82) is 0 Å². The van der Waals surface area contributed by atoms with E-state index in [1.165, 1.54) is 25.1 Å². The van der Waals surface area contributed by atoms with Crippen molar-refractivity contribution in [1.82, 2.24) is 9.55 Å². The normalized spacial score (nSPS) is 11.2. The molecular weight excluding hydrogens is 462 g/mol. The molecular formula is C27H25N3O6. The van der Waals surface area contributed by atoms with Crippen LogP contribution in [0.5, 0.6) is 17.2 Å². The van der Waals surface area contributed by atoms with Gasteiger partial charge < -0.3 is 23.9 Å². The second-order valence-electron chi connectivity index (χ2n) is 8.27. The van der Waals surface area contributed by atoms with E-state index in [0.29, 0.717) is 52.4 Å². The van der Waals surface area contributed by atoms with Crippen molar-refractivity contribution < 1.29 is 23.4 Å². The molecule has 2 heterocycles. The van der Waals surface area contributed by atoms with Crippen molar-refractivity contribution in [2.45, 2.75) is 19.4 Å². The Morgan fingerprint density at radius 3 is 2.42 bits per heavy atom. The number of para-hydroxylation sites is 1. The molecule has 9 nitrogen and oxygen atoms in total. The minimum absolute atomic E-state index is 0.197.